The van der Waals surface area contributed by atoms with Crippen molar-refractivity contribution in [3.63, 3.8) is 0 Å². The molecule has 3 aliphatic rings. The summed E-state index contributed by atoms with van der Waals surface area (Å²) in [6.07, 6.45) is 5.42. The van der Waals surface area contributed by atoms with E-state index in [0.717, 1.165) is 36.9 Å². The van der Waals surface area contributed by atoms with Gasteiger partial charge in [0.15, 0.2) is 0 Å². The molecular weight excluding hydrogens is 449 g/mol. The summed E-state index contributed by atoms with van der Waals surface area (Å²) >= 11 is 0. The van der Waals surface area contributed by atoms with Crippen LogP contribution < -0.4 is 5.32 Å². The van der Waals surface area contributed by atoms with E-state index in [1.54, 1.807) is 10.7 Å². The number of rotatable bonds is 7. The van der Waals surface area contributed by atoms with Crippen LogP contribution in [0.4, 0.5) is 4.39 Å². The van der Waals surface area contributed by atoms with Gasteiger partial charge < -0.3 is 15.3 Å². The van der Waals surface area contributed by atoms with Crippen LogP contribution >= 0.6 is 0 Å². The number of aliphatic hydroxyl groups excluding tert-OH is 1. The standard InChI is InChI=1S/C26H34FN5O3/c1-26(2,3)23(32-14-21(29-30-32)17-7-8-17)25(35)31-13-18(33)11-22(31)24(34)28-12-15-4-9-19(16-5-6-16)20(27)10-15/h4,9-10,14,16-18,22-23,33H,5-8,11-13H2,1-3H3,(H,28,34)/t18-,22+,23-/m1/s1. The fraction of sp³-hybridized carbons (Fsp3) is 0.615. The molecule has 188 valence electrons. The second kappa shape index (κ2) is 9.00. The molecule has 5 rings (SSSR count). The van der Waals surface area contributed by atoms with E-state index >= 15 is 0 Å². The number of carbonyl (C=O) groups is 2. The van der Waals surface area contributed by atoms with Crippen LogP contribution in [0.5, 0.6) is 0 Å². The number of β-amino-alcohol motifs (C(OH)–C–C–N with tert-alkyl or cyclic N) is 1. The molecule has 9 heteroatoms. The quantitative estimate of drug-likeness (QED) is 0.631. The van der Waals surface area contributed by atoms with Crippen LogP contribution in [0.15, 0.2) is 24.4 Å². The van der Waals surface area contributed by atoms with Crippen molar-refractivity contribution in [2.45, 2.75) is 89.4 Å². The fourth-order valence-corrected chi connectivity index (χ4v) is 5.04. The molecule has 0 spiro atoms. The summed E-state index contributed by atoms with van der Waals surface area (Å²) in [6.45, 7) is 6.10. The molecule has 0 bridgehead atoms. The fourth-order valence-electron chi connectivity index (χ4n) is 5.04. The minimum atomic E-state index is -0.802. The summed E-state index contributed by atoms with van der Waals surface area (Å²) in [5.74, 6) is -0.124. The number of amides is 2. The average molecular weight is 484 g/mol. The van der Waals surface area contributed by atoms with Crippen molar-refractivity contribution in [3.05, 3.63) is 47.0 Å². The lowest BCUT2D eigenvalue weighted by molar-refractivity contribution is -0.144. The normalized spacial score (nSPS) is 23.4. The third kappa shape index (κ3) is 5.10. The van der Waals surface area contributed by atoms with E-state index in [1.807, 2.05) is 33.0 Å². The van der Waals surface area contributed by atoms with Gasteiger partial charge in [0.25, 0.3) is 0 Å². The second-order valence-corrected chi connectivity index (χ2v) is 11.4. The van der Waals surface area contributed by atoms with Crippen molar-refractivity contribution >= 4 is 11.8 Å². The first-order valence-electron chi connectivity index (χ1n) is 12.6. The lowest BCUT2D eigenvalue weighted by Gasteiger charge is -2.34. The van der Waals surface area contributed by atoms with Gasteiger partial charge in [-0.1, -0.05) is 38.1 Å². The maximum absolute atomic E-state index is 14.4. The molecule has 2 heterocycles. The Hall–Kier alpha value is -2.81. The molecule has 1 aromatic heterocycles. The summed E-state index contributed by atoms with van der Waals surface area (Å²) in [6, 6.07) is 3.64. The lowest BCUT2D eigenvalue weighted by Crippen LogP contribution is -2.50. The predicted octanol–water partition coefficient (Wildman–Crippen LogP) is 3.04. The highest BCUT2D eigenvalue weighted by atomic mass is 19.1. The van der Waals surface area contributed by atoms with E-state index in [-0.39, 0.29) is 37.1 Å². The van der Waals surface area contributed by atoms with Crippen molar-refractivity contribution < 1.29 is 19.1 Å². The number of hydrogen-bond acceptors (Lipinski definition) is 5. The second-order valence-electron chi connectivity index (χ2n) is 11.4. The molecule has 3 fully saturated rings. The summed E-state index contributed by atoms with van der Waals surface area (Å²) in [4.78, 5) is 28.3. The van der Waals surface area contributed by atoms with E-state index in [9.17, 15) is 19.1 Å². The Morgan fingerprint density at radius 2 is 1.91 bits per heavy atom. The van der Waals surface area contributed by atoms with Gasteiger partial charge in [-0.05, 0) is 54.2 Å². The van der Waals surface area contributed by atoms with E-state index in [0.29, 0.717) is 17.4 Å². The van der Waals surface area contributed by atoms with Gasteiger partial charge in [-0.25, -0.2) is 9.07 Å². The van der Waals surface area contributed by atoms with Crippen LogP contribution in [0, 0.1) is 11.2 Å². The van der Waals surface area contributed by atoms with E-state index in [2.05, 4.69) is 15.6 Å². The Balaban J connectivity index is 1.29. The largest absolute Gasteiger partial charge is 0.391 e. The Kier molecular flexibility index (Phi) is 6.15. The number of hydrogen-bond donors (Lipinski definition) is 2. The van der Waals surface area contributed by atoms with Crippen LogP contribution in [-0.4, -0.2) is 55.5 Å². The first kappa shape index (κ1) is 23.9. The van der Waals surface area contributed by atoms with Crippen LogP contribution in [-0.2, 0) is 16.1 Å². The monoisotopic (exact) mass is 483 g/mol. The summed E-state index contributed by atoms with van der Waals surface area (Å²) in [7, 11) is 0. The molecule has 1 saturated heterocycles. The highest BCUT2D eigenvalue weighted by molar-refractivity contribution is 5.90. The Morgan fingerprint density at radius 3 is 2.54 bits per heavy atom. The zero-order valence-electron chi connectivity index (χ0n) is 20.6. The SMILES string of the molecule is CC(C)(C)[C@@H](C(=O)N1C[C@H](O)C[C@H]1C(=O)NCc1ccc(C2CC2)c(F)c1)n1cc(C2CC2)nn1. The van der Waals surface area contributed by atoms with Gasteiger partial charge in [0.05, 0.1) is 11.8 Å². The summed E-state index contributed by atoms with van der Waals surface area (Å²) in [5.41, 5.74) is 1.81. The van der Waals surface area contributed by atoms with Gasteiger partial charge in [-0.15, -0.1) is 5.10 Å². The number of nitrogens with zero attached hydrogens (tertiary/aromatic N) is 4. The minimum absolute atomic E-state index is 0.0817. The minimum Gasteiger partial charge on any atom is -0.391 e. The predicted molar refractivity (Wildman–Crippen MR) is 127 cm³/mol. The number of aliphatic hydroxyl groups is 1. The molecule has 0 unspecified atom stereocenters. The van der Waals surface area contributed by atoms with E-state index in [4.69, 9.17) is 0 Å². The zero-order valence-corrected chi connectivity index (χ0v) is 20.6. The Morgan fingerprint density at radius 1 is 1.20 bits per heavy atom. The Bertz CT molecular complexity index is 1120. The van der Waals surface area contributed by atoms with Gasteiger partial charge in [0, 0.05) is 31.6 Å². The van der Waals surface area contributed by atoms with Gasteiger partial charge >= 0.3 is 0 Å². The Labute approximate surface area is 204 Å². The molecule has 3 atom stereocenters. The molecule has 35 heavy (non-hydrogen) atoms. The van der Waals surface area contributed by atoms with Gasteiger partial charge in [-0.2, -0.15) is 0 Å². The van der Waals surface area contributed by atoms with Crippen molar-refractivity contribution in [3.8, 4) is 0 Å². The summed E-state index contributed by atoms with van der Waals surface area (Å²) < 4.78 is 16.0. The highest BCUT2D eigenvalue weighted by Gasteiger charge is 2.45. The average Bonchev–Trinajstić information content (AvgIpc) is 3.72. The van der Waals surface area contributed by atoms with Gasteiger partial charge in [0.2, 0.25) is 11.8 Å². The number of nitrogens with one attached hydrogen (secondary N) is 1. The third-order valence-electron chi connectivity index (χ3n) is 7.26. The van der Waals surface area contributed by atoms with Gasteiger partial charge in [0.1, 0.15) is 17.9 Å². The first-order chi connectivity index (χ1) is 16.6. The molecule has 1 aliphatic heterocycles. The lowest BCUT2D eigenvalue weighted by atomic mass is 9.85. The first-order valence-corrected chi connectivity index (χ1v) is 12.6. The molecule has 2 saturated carbocycles. The van der Waals surface area contributed by atoms with Gasteiger partial charge in [-0.3, -0.25) is 9.59 Å². The third-order valence-corrected chi connectivity index (χ3v) is 7.26. The van der Waals surface area contributed by atoms with Crippen LogP contribution in [0.2, 0.25) is 0 Å². The van der Waals surface area contributed by atoms with Crippen molar-refractivity contribution in [2.75, 3.05) is 6.54 Å². The highest BCUT2D eigenvalue weighted by Crippen LogP contribution is 2.42. The molecule has 2 aromatic rings. The molecule has 2 N–H and O–H groups in total. The van der Waals surface area contributed by atoms with Crippen molar-refractivity contribution in [2.24, 2.45) is 5.41 Å². The molecule has 1 aromatic carbocycles. The molecule has 2 amide bonds. The maximum atomic E-state index is 14.4. The number of benzene rings is 1. The van der Waals surface area contributed by atoms with Crippen molar-refractivity contribution in [1.82, 2.24) is 25.2 Å². The number of likely N-dealkylation sites (tertiary alicyclic amines) is 1. The van der Waals surface area contributed by atoms with E-state index < -0.39 is 23.6 Å². The molecule has 2 aliphatic carbocycles. The number of carbonyl (C=O) groups excluding carboxylic acids is 2. The summed E-state index contributed by atoms with van der Waals surface area (Å²) in [5, 5.41) is 21.7. The van der Waals surface area contributed by atoms with Crippen LogP contribution in [0.25, 0.3) is 0 Å². The molecular formula is C26H34FN5O3. The van der Waals surface area contributed by atoms with Crippen LogP contribution in [0.1, 0.15) is 87.6 Å². The molecule has 0 radical (unpaired) electrons. The topological polar surface area (TPSA) is 100 Å². The molecule has 8 nitrogen and oxygen atoms in total. The van der Waals surface area contributed by atoms with E-state index in [1.165, 1.54) is 11.0 Å². The van der Waals surface area contributed by atoms with Crippen LogP contribution in [0.3, 0.4) is 0 Å². The smallest absolute Gasteiger partial charge is 0.248 e. The zero-order chi connectivity index (χ0) is 24.9. The number of aromatic nitrogens is 3. The maximum Gasteiger partial charge on any atom is 0.248 e. The number of halogens is 1. The van der Waals surface area contributed by atoms with Crippen molar-refractivity contribution in [1.29, 1.82) is 0 Å².